The van der Waals surface area contributed by atoms with E-state index in [0.29, 0.717) is 0 Å². The fourth-order valence-electron chi connectivity index (χ4n) is 1.90. The fourth-order valence-corrected chi connectivity index (χ4v) is 1.90. The van der Waals surface area contributed by atoms with Gasteiger partial charge in [0, 0.05) is 22.1 Å². The maximum atomic E-state index is 11.2. The number of para-hydroxylation sites is 1. The first-order chi connectivity index (χ1) is 7.93. The Hall–Kier alpha value is -1.70. The number of pyridine rings is 1. The van der Waals surface area contributed by atoms with Crippen molar-refractivity contribution in [1.82, 2.24) is 4.98 Å². The molecule has 1 heterocycles. The second kappa shape index (κ2) is 3.95. The third-order valence-electron chi connectivity index (χ3n) is 2.97. The summed E-state index contributed by atoms with van der Waals surface area (Å²) in [5, 5.41) is 0.938. The Kier molecular flexibility index (Phi) is 2.74. The predicted molar refractivity (Wildman–Crippen MR) is 70.6 cm³/mol. The molecule has 0 fully saturated rings. The Morgan fingerprint density at radius 3 is 2.53 bits per heavy atom. The summed E-state index contributed by atoms with van der Waals surface area (Å²) in [5.41, 5.74) is 3.68. The number of fused-ring (bicyclic) bond motifs is 1. The molecule has 0 radical (unpaired) electrons. The number of aryl methyl sites for hydroxylation is 1. The molecule has 88 valence electrons. The molecule has 0 amide bonds. The molecule has 0 aliphatic heterocycles. The van der Waals surface area contributed by atoms with Gasteiger partial charge >= 0.3 is 0 Å². The average Bonchev–Trinajstić information content (AvgIpc) is 2.27. The molecule has 0 bridgehead atoms. The molecule has 0 N–H and O–H groups in total. The first kappa shape index (κ1) is 11.8. The third-order valence-corrected chi connectivity index (χ3v) is 2.97. The predicted octanol–water partition coefficient (Wildman–Crippen LogP) is 3.65. The van der Waals surface area contributed by atoms with E-state index >= 15 is 0 Å². The number of benzene rings is 1. The van der Waals surface area contributed by atoms with E-state index in [-0.39, 0.29) is 5.41 Å². The average molecular weight is 227 g/mol. The van der Waals surface area contributed by atoms with Crippen molar-refractivity contribution in [3.63, 3.8) is 0 Å². The second-order valence-corrected chi connectivity index (χ2v) is 5.44. The molecule has 0 saturated carbocycles. The first-order valence-corrected chi connectivity index (χ1v) is 5.79. The van der Waals surface area contributed by atoms with Crippen LogP contribution in [0.25, 0.3) is 10.9 Å². The van der Waals surface area contributed by atoms with Gasteiger partial charge in [0.2, 0.25) is 0 Å². The smallest absolute Gasteiger partial charge is 0.150 e. The number of aldehydes is 1. The summed E-state index contributed by atoms with van der Waals surface area (Å²) in [6.07, 6.45) is 0.915. The minimum absolute atomic E-state index is 0.0474. The van der Waals surface area contributed by atoms with Gasteiger partial charge < -0.3 is 0 Å². The van der Waals surface area contributed by atoms with Crippen molar-refractivity contribution in [2.75, 3.05) is 0 Å². The molecule has 2 aromatic rings. The van der Waals surface area contributed by atoms with E-state index in [9.17, 15) is 4.79 Å². The van der Waals surface area contributed by atoms with Crippen LogP contribution in [0.3, 0.4) is 0 Å². The molecule has 0 aliphatic carbocycles. The molecule has 0 spiro atoms. The van der Waals surface area contributed by atoms with Gasteiger partial charge in [-0.15, -0.1) is 0 Å². The van der Waals surface area contributed by atoms with E-state index in [1.807, 2.05) is 31.2 Å². The van der Waals surface area contributed by atoms with E-state index in [1.165, 1.54) is 0 Å². The Bertz CT molecular complexity index is 579. The number of carbonyl (C=O) groups excluding carboxylic acids is 1. The summed E-state index contributed by atoms with van der Waals surface area (Å²) in [6.45, 7) is 8.34. The SMILES string of the molecule is Cc1cccc2c(C=O)cc(C(C)(C)C)nc12. The lowest BCUT2D eigenvalue weighted by molar-refractivity contribution is 0.112. The van der Waals surface area contributed by atoms with Crippen molar-refractivity contribution in [3.05, 3.63) is 41.1 Å². The van der Waals surface area contributed by atoms with Crippen molar-refractivity contribution in [3.8, 4) is 0 Å². The highest BCUT2D eigenvalue weighted by Crippen LogP contribution is 2.26. The third kappa shape index (κ3) is 2.07. The first-order valence-electron chi connectivity index (χ1n) is 5.79. The van der Waals surface area contributed by atoms with Crippen LogP contribution in [0.15, 0.2) is 24.3 Å². The van der Waals surface area contributed by atoms with E-state index in [2.05, 4.69) is 20.8 Å². The molecule has 0 saturated heterocycles. The van der Waals surface area contributed by atoms with E-state index in [1.54, 1.807) is 0 Å². The van der Waals surface area contributed by atoms with Gasteiger partial charge in [-0.1, -0.05) is 39.0 Å². The Morgan fingerprint density at radius 2 is 1.94 bits per heavy atom. The Balaban J connectivity index is 2.86. The maximum absolute atomic E-state index is 11.2. The van der Waals surface area contributed by atoms with Gasteiger partial charge in [0.05, 0.1) is 5.52 Å². The molecule has 0 aliphatic rings. The largest absolute Gasteiger partial charge is 0.298 e. The van der Waals surface area contributed by atoms with E-state index in [4.69, 9.17) is 4.98 Å². The second-order valence-electron chi connectivity index (χ2n) is 5.44. The standard InChI is InChI=1S/C15H17NO/c1-10-6-5-7-12-11(9-17)8-13(15(2,3)4)16-14(10)12/h5-9H,1-4H3. The Labute approximate surface area is 102 Å². The van der Waals surface area contributed by atoms with Crippen LogP contribution in [0.5, 0.6) is 0 Å². The molecule has 2 nitrogen and oxygen atoms in total. The molecule has 2 heteroatoms. The number of hydrogen-bond donors (Lipinski definition) is 0. The van der Waals surface area contributed by atoms with Crippen molar-refractivity contribution < 1.29 is 4.79 Å². The monoisotopic (exact) mass is 227 g/mol. The van der Waals surface area contributed by atoms with Crippen LogP contribution in [0.4, 0.5) is 0 Å². The van der Waals surface area contributed by atoms with Crippen LogP contribution >= 0.6 is 0 Å². The number of rotatable bonds is 1. The zero-order valence-corrected chi connectivity index (χ0v) is 10.7. The minimum atomic E-state index is -0.0474. The van der Waals surface area contributed by atoms with E-state index in [0.717, 1.165) is 34.0 Å². The number of aromatic nitrogens is 1. The molecule has 0 unspecified atom stereocenters. The van der Waals surface area contributed by atoms with Gasteiger partial charge in [-0.05, 0) is 18.6 Å². The molecular formula is C15H17NO. The zero-order valence-electron chi connectivity index (χ0n) is 10.7. The topological polar surface area (TPSA) is 30.0 Å². The van der Waals surface area contributed by atoms with Crippen LogP contribution in [0.1, 0.15) is 42.4 Å². The van der Waals surface area contributed by atoms with Crippen LogP contribution < -0.4 is 0 Å². The summed E-state index contributed by atoms with van der Waals surface area (Å²) in [4.78, 5) is 15.9. The summed E-state index contributed by atoms with van der Waals surface area (Å²) < 4.78 is 0. The molecular weight excluding hydrogens is 210 g/mol. The molecule has 17 heavy (non-hydrogen) atoms. The maximum Gasteiger partial charge on any atom is 0.150 e. The molecule has 0 atom stereocenters. The van der Waals surface area contributed by atoms with Crippen LogP contribution in [0.2, 0.25) is 0 Å². The lowest BCUT2D eigenvalue weighted by atomic mass is 9.89. The van der Waals surface area contributed by atoms with Crippen LogP contribution in [0, 0.1) is 6.92 Å². The summed E-state index contributed by atoms with van der Waals surface area (Å²) in [7, 11) is 0. The highest BCUT2D eigenvalue weighted by Gasteiger charge is 2.18. The van der Waals surface area contributed by atoms with Crippen molar-refractivity contribution in [2.45, 2.75) is 33.1 Å². The van der Waals surface area contributed by atoms with Crippen LogP contribution in [-0.2, 0) is 5.41 Å². The van der Waals surface area contributed by atoms with Crippen molar-refractivity contribution in [1.29, 1.82) is 0 Å². The highest BCUT2D eigenvalue weighted by molar-refractivity contribution is 5.97. The van der Waals surface area contributed by atoms with E-state index < -0.39 is 0 Å². The van der Waals surface area contributed by atoms with Gasteiger partial charge in [-0.3, -0.25) is 9.78 Å². The van der Waals surface area contributed by atoms with Gasteiger partial charge in [-0.2, -0.15) is 0 Å². The van der Waals surface area contributed by atoms with Crippen LogP contribution in [-0.4, -0.2) is 11.3 Å². The van der Waals surface area contributed by atoms with Gasteiger partial charge in [0.25, 0.3) is 0 Å². The minimum Gasteiger partial charge on any atom is -0.298 e. The lowest BCUT2D eigenvalue weighted by Crippen LogP contribution is -2.14. The lowest BCUT2D eigenvalue weighted by Gasteiger charge is -2.19. The van der Waals surface area contributed by atoms with Gasteiger partial charge in [0.1, 0.15) is 0 Å². The number of carbonyl (C=O) groups is 1. The van der Waals surface area contributed by atoms with Crippen molar-refractivity contribution in [2.24, 2.45) is 0 Å². The molecule has 1 aromatic carbocycles. The summed E-state index contributed by atoms with van der Waals surface area (Å²) in [5.74, 6) is 0. The summed E-state index contributed by atoms with van der Waals surface area (Å²) in [6, 6.07) is 7.83. The molecule has 1 aromatic heterocycles. The van der Waals surface area contributed by atoms with Crippen molar-refractivity contribution >= 4 is 17.2 Å². The molecule has 2 rings (SSSR count). The quantitative estimate of drug-likeness (QED) is 0.696. The Morgan fingerprint density at radius 1 is 1.24 bits per heavy atom. The number of nitrogens with zero attached hydrogens (tertiary/aromatic N) is 1. The highest BCUT2D eigenvalue weighted by atomic mass is 16.1. The zero-order chi connectivity index (χ0) is 12.6. The van der Waals surface area contributed by atoms with Gasteiger partial charge in [-0.25, -0.2) is 0 Å². The number of hydrogen-bond acceptors (Lipinski definition) is 2. The van der Waals surface area contributed by atoms with Gasteiger partial charge in [0.15, 0.2) is 6.29 Å². The summed E-state index contributed by atoms with van der Waals surface area (Å²) >= 11 is 0. The normalized spacial score (nSPS) is 11.8. The fraction of sp³-hybridized carbons (Fsp3) is 0.333.